The summed E-state index contributed by atoms with van der Waals surface area (Å²) in [6.45, 7) is 4.06. The summed E-state index contributed by atoms with van der Waals surface area (Å²) in [4.78, 5) is 23.1. The summed E-state index contributed by atoms with van der Waals surface area (Å²) in [7, 11) is 0. The maximum atomic E-state index is 12.1. The zero-order valence-corrected chi connectivity index (χ0v) is 12.6. The molecule has 1 saturated carbocycles. The topological polar surface area (TPSA) is 79.5 Å². The number of aryl methyl sites for hydroxylation is 1. The van der Waals surface area contributed by atoms with E-state index in [-0.39, 0.29) is 23.9 Å². The number of carbonyl (C=O) groups is 2. The zero-order valence-electron chi connectivity index (χ0n) is 12.6. The molecule has 0 spiro atoms. The zero-order chi connectivity index (χ0) is 15.4. The summed E-state index contributed by atoms with van der Waals surface area (Å²) in [5.41, 5.74) is 0.155. The Hall–Kier alpha value is -1.78. The Morgan fingerprint density at radius 1 is 1.33 bits per heavy atom. The van der Waals surface area contributed by atoms with Crippen molar-refractivity contribution in [3.05, 3.63) is 23.2 Å². The number of carboxylic acids is 1. The predicted octanol–water partition coefficient (Wildman–Crippen LogP) is 3.12. The summed E-state index contributed by atoms with van der Waals surface area (Å²) < 4.78 is 5.35. The third-order valence-electron chi connectivity index (χ3n) is 4.43. The molecule has 2 rings (SSSR count). The van der Waals surface area contributed by atoms with Crippen LogP contribution in [0.2, 0.25) is 0 Å². The van der Waals surface area contributed by atoms with E-state index >= 15 is 0 Å². The summed E-state index contributed by atoms with van der Waals surface area (Å²) >= 11 is 0. The molecule has 21 heavy (non-hydrogen) atoms. The van der Waals surface area contributed by atoms with Gasteiger partial charge in [-0.2, -0.15) is 0 Å². The molecular formula is C16H23NO4. The van der Waals surface area contributed by atoms with E-state index in [1.165, 1.54) is 12.5 Å². The third kappa shape index (κ3) is 3.86. The minimum Gasteiger partial charge on any atom is -0.478 e. The van der Waals surface area contributed by atoms with Crippen molar-refractivity contribution in [1.29, 1.82) is 0 Å². The van der Waals surface area contributed by atoms with E-state index in [2.05, 4.69) is 12.2 Å². The Kier molecular flexibility index (Phi) is 5.04. The van der Waals surface area contributed by atoms with Gasteiger partial charge in [0, 0.05) is 5.92 Å². The minimum atomic E-state index is -1.01. The monoisotopic (exact) mass is 293 g/mol. The fourth-order valence-electron chi connectivity index (χ4n) is 2.99. The standard InChI is InChI=1S/C16H23NO4/c1-3-11-4-6-12(7-5-11)15(18)17-9-13-8-14(16(19)20)10(2)21-13/h8,11-12H,3-7,9H2,1-2H3,(H,17,18)(H,19,20). The fraction of sp³-hybridized carbons (Fsp3) is 0.625. The van der Waals surface area contributed by atoms with E-state index in [0.717, 1.165) is 31.6 Å². The highest BCUT2D eigenvalue weighted by Crippen LogP contribution is 2.30. The molecule has 1 aliphatic carbocycles. The predicted molar refractivity (Wildman–Crippen MR) is 78.0 cm³/mol. The van der Waals surface area contributed by atoms with E-state index in [9.17, 15) is 9.59 Å². The normalized spacial score (nSPS) is 22.0. The van der Waals surface area contributed by atoms with Gasteiger partial charge in [0.05, 0.1) is 6.54 Å². The number of hydrogen-bond acceptors (Lipinski definition) is 3. The molecule has 0 aromatic carbocycles. The van der Waals surface area contributed by atoms with Gasteiger partial charge in [-0.1, -0.05) is 13.3 Å². The maximum Gasteiger partial charge on any atom is 0.339 e. The fourth-order valence-corrected chi connectivity index (χ4v) is 2.99. The first-order valence-corrected chi connectivity index (χ1v) is 7.61. The van der Waals surface area contributed by atoms with E-state index in [1.807, 2.05) is 0 Å². The van der Waals surface area contributed by atoms with Crippen LogP contribution in [-0.4, -0.2) is 17.0 Å². The first kappa shape index (κ1) is 15.6. The van der Waals surface area contributed by atoms with Crippen LogP contribution in [-0.2, 0) is 11.3 Å². The van der Waals surface area contributed by atoms with Gasteiger partial charge in [0.15, 0.2) is 0 Å². The van der Waals surface area contributed by atoms with Crippen LogP contribution in [0.5, 0.6) is 0 Å². The second kappa shape index (κ2) is 6.78. The number of amides is 1. The van der Waals surface area contributed by atoms with Crippen molar-refractivity contribution >= 4 is 11.9 Å². The van der Waals surface area contributed by atoms with Gasteiger partial charge in [-0.25, -0.2) is 4.79 Å². The van der Waals surface area contributed by atoms with Gasteiger partial charge < -0.3 is 14.8 Å². The molecule has 1 aromatic heterocycles. The summed E-state index contributed by atoms with van der Waals surface area (Å²) in [6.07, 6.45) is 5.33. The Morgan fingerprint density at radius 3 is 2.52 bits per heavy atom. The highest BCUT2D eigenvalue weighted by molar-refractivity contribution is 5.88. The van der Waals surface area contributed by atoms with Crippen LogP contribution in [0.25, 0.3) is 0 Å². The number of hydrogen-bond donors (Lipinski definition) is 2. The molecule has 5 nitrogen and oxygen atoms in total. The molecule has 0 radical (unpaired) electrons. The van der Waals surface area contributed by atoms with E-state index < -0.39 is 5.97 Å². The van der Waals surface area contributed by atoms with E-state index in [0.29, 0.717) is 11.5 Å². The van der Waals surface area contributed by atoms with Crippen LogP contribution < -0.4 is 5.32 Å². The number of carbonyl (C=O) groups excluding carboxylic acids is 1. The number of aromatic carboxylic acids is 1. The lowest BCUT2D eigenvalue weighted by Gasteiger charge is -2.26. The summed E-state index contributed by atoms with van der Waals surface area (Å²) in [5.74, 6) is 0.751. The van der Waals surface area contributed by atoms with Crippen molar-refractivity contribution in [2.75, 3.05) is 0 Å². The first-order chi connectivity index (χ1) is 10.0. The molecule has 1 fully saturated rings. The van der Waals surface area contributed by atoms with Crippen molar-refractivity contribution < 1.29 is 19.1 Å². The summed E-state index contributed by atoms with van der Waals surface area (Å²) in [5, 5.41) is 11.8. The van der Waals surface area contributed by atoms with Crippen LogP contribution in [0.3, 0.4) is 0 Å². The third-order valence-corrected chi connectivity index (χ3v) is 4.43. The quantitative estimate of drug-likeness (QED) is 0.874. The lowest BCUT2D eigenvalue weighted by molar-refractivity contribution is -0.126. The van der Waals surface area contributed by atoms with E-state index in [4.69, 9.17) is 9.52 Å². The number of nitrogens with one attached hydrogen (secondary N) is 1. The molecule has 0 unspecified atom stereocenters. The molecule has 0 atom stereocenters. The smallest absolute Gasteiger partial charge is 0.339 e. The lowest BCUT2D eigenvalue weighted by atomic mass is 9.80. The second-order valence-electron chi connectivity index (χ2n) is 5.83. The van der Waals surface area contributed by atoms with Crippen LogP contribution in [0.1, 0.15) is 60.9 Å². The van der Waals surface area contributed by atoms with Gasteiger partial charge in [0.1, 0.15) is 17.1 Å². The van der Waals surface area contributed by atoms with Crippen molar-refractivity contribution in [2.24, 2.45) is 11.8 Å². The first-order valence-electron chi connectivity index (χ1n) is 7.61. The highest BCUT2D eigenvalue weighted by Gasteiger charge is 2.25. The minimum absolute atomic E-state index is 0.0514. The SMILES string of the molecule is CCC1CCC(C(=O)NCc2cc(C(=O)O)c(C)o2)CC1. The average molecular weight is 293 g/mol. The molecule has 0 saturated heterocycles. The maximum absolute atomic E-state index is 12.1. The van der Waals surface area contributed by atoms with Crippen molar-refractivity contribution in [1.82, 2.24) is 5.32 Å². The number of furan rings is 1. The molecule has 1 amide bonds. The van der Waals surface area contributed by atoms with Crippen LogP contribution in [0, 0.1) is 18.8 Å². The molecule has 116 valence electrons. The van der Waals surface area contributed by atoms with Gasteiger partial charge in [-0.15, -0.1) is 0 Å². The molecule has 0 aliphatic heterocycles. The molecule has 0 bridgehead atoms. The van der Waals surface area contributed by atoms with Crippen LogP contribution in [0.15, 0.2) is 10.5 Å². The van der Waals surface area contributed by atoms with Crippen LogP contribution in [0.4, 0.5) is 0 Å². The van der Waals surface area contributed by atoms with Crippen molar-refractivity contribution in [2.45, 2.75) is 52.5 Å². The molecular weight excluding hydrogens is 270 g/mol. The number of rotatable bonds is 5. The van der Waals surface area contributed by atoms with E-state index in [1.54, 1.807) is 6.92 Å². The Labute approximate surface area is 124 Å². The van der Waals surface area contributed by atoms with Gasteiger partial charge in [-0.3, -0.25) is 4.79 Å². The molecule has 2 N–H and O–H groups in total. The molecule has 5 heteroatoms. The number of carboxylic acid groups (broad SMARTS) is 1. The highest BCUT2D eigenvalue weighted by atomic mass is 16.4. The molecule has 1 aliphatic rings. The average Bonchev–Trinajstić information content (AvgIpc) is 2.86. The second-order valence-corrected chi connectivity index (χ2v) is 5.83. The van der Waals surface area contributed by atoms with Crippen molar-refractivity contribution in [3.8, 4) is 0 Å². The van der Waals surface area contributed by atoms with Crippen LogP contribution >= 0.6 is 0 Å². The Bertz CT molecular complexity index is 512. The van der Waals surface area contributed by atoms with Gasteiger partial charge in [0.25, 0.3) is 0 Å². The van der Waals surface area contributed by atoms with Gasteiger partial charge in [-0.05, 0) is 44.6 Å². The largest absolute Gasteiger partial charge is 0.478 e. The summed E-state index contributed by atoms with van der Waals surface area (Å²) in [6, 6.07) is 1.48. The Morgan fingerprint density at radius 2 is 2.00 bits per heavy atom. The van der Waals surface area contributed by atoms with Crippen molar-refractivity contribution in [3.63, 3.8) is 0 Å². The van der Waals surface area contributed by atoms with Gasteiger partial charge in [0.2, 0.25) is 5.91 Å². The lowest BCUT2D eigenvalue weighted by Crippen LogP contribution is -2.32. The molecule has 1 aromatic rings. The van der Waals surface area contributed by atoms with Gasteiger partial charge >= 0.3 is 5.97 Å². The Balaban J connectivity index is 1.84. The molecule has 1 heterocycles.